The summed E-state index contributed by atoms with van der Waals surface area (Å²) in [6.45, 7) is 7.78. The molecule has 0 spiro atoms. The summed E-state index contributed by atoms with van der Waals surface area (Å²) in [5, 5.41) is 0. The van der Waals surface area contributed by atoms with Gasteiger partial charge in [-0.2, -0.15) is 0 Å². The molecule has 168 valence electrons. The van der Waals surface area contributed by atoms with Gasteiger partial charge in [-0.25, -0.2) is 0 Å². The predicted molar refractivity (Wildman–Crippen MR) is 128 cm³/mol. The number of rotatable bonds is 7. The van der Waals surface area contributed by atoms with Crippen molar-refractivity contribution in [1.29, 1.82) is 0 Å². The van der Waals surface area contributed by atoms with Crippen molar-refractivity contribution in [1.82, 2.24) is 0 Å². The van der Waals surface area contributed by atoms with Crippen molar-refractivity contribution < 1.29 is 9.53 Å². The Labute approximate surface area is 189 Å². The van der Waals surface area contributed by atoms with Gasteiger partial charge >= 0.3 is 5.97 Å². The molecule has 0 heterocycles. The lowest BCUT2D eigenvalue weighted by atomic mass is 9.59. The zero-order chi connectivity index (χ0) is 21.6. The Morgan fingerprint density at radius 1 is 0.903 bits per heavy atom. The van der Waals surface area contributed by atoms with Gasteiger partial charge < -0.3 is 4.74 Å². The molecule has 4 rings (SSSR count). The third-order valence-corrected chi connectivity index (χ3v) is 8.59. The van der Waals surface area contributed by atoms with E-state index in [9.17, 15) is 4.79 Å². The highest BCUT2D eigenvalue weighted by Gasteiger charge is 2.43. The highest BCUT2D eigenvalue weighted by molar-refractivity contribution is 5.75. The minimum absolute atomic E-state index is 0.0125. The van der Waals surface area contributed by atoms with Gasteiger partial charge in [0.2, 0.25) is 0 Å². The molecule has 3 aliphatic rings. The number of ether oxygens (including phenoxy) is 1. The van der Waals surface area contributed by atoms with Gasteiger partial charge in [0.15, 0.2) is 0 Å². The molecular formula is C29H40O2. The molecule has 0 N–H and O–H groups in total. The highest BCUT2D eigenvalue weighted by Crippen LogP contribution is 2.50. The maximum absolute atomic E-state index is 13.1. The average molecular weight is 421 g/mol. The van der Waals surface area contributed by atoms with E-state index >= 15 is 0 Å². The number of aryl methyl sites for hydroxylation is 1. The third kappa shape index (κ3) is 5.51. The van der Waals surface area contributed by atoms with Crippen LogP contribution in [0.5, 0.6) is 5.75 Å². The first-order chi connectivity index (χ1) is 15.2. The number of hydrogen-bond acceptors (Lipinski definition) is 2. The summed E-state index contributed by atoms with van der Waals surface area (Å²) in [6, 6.07) is 8.05. The lowest BCUT2D eigenvalue weighted by Crippen LogP contribution is -2.40. The number of benzene rings is 1. The average Bonchev–Trinajstić information content (AvgIpc) is 2.83. The van der Waals surface area contributed by atoms with E-state index < -0.39 is 0 Å². The number of carbonyl (C=O) groups is 1. The second-order valence-corrected chi connectivity index (χ2v) is 10.3. The first-order valence-electron chi connectivity index (χ1n) is 12.7. The van der Waals surface area contributed by atoms with Gasteiger partial charge in [-0.1, -0.05) is 37.1 Å². The van der Waals surface area contributed by atoms with E-state index in [1.807, 2.05) is 18.2 Å². The van der Waals surface area contributed by atoms with E-state index in [1.165, 1.54) is 63.4 Å². The van der Waals surface area contributed by atoms with Gasteiger partial charge in [0.25, 0.3) is 0 Å². The largest absolute Gasteiger partial charge is 0.426 e. The molecule has 0 bridgehead atoms. The van der Waals surface area contributed by atoms with Crippen LogP contribution < -0.4 is 4.74 Å². The topological polar surface area (TPSA) is 26.3 Å². The molecule has 3 aliphatic carbocycles. The lowest BCUT2D eigenvalue weighted by molar-refractivity contribution is -0.144. The number of allylic oxidation sites excluding steroid dienone is 2. The second kappa shape index (κ2) is 10.7. The van der Waals surface area contributed by atoms with E-state index in [2.05, 4.69) is 31.4 Å². The number of hydrogen-bond donors (Lipinski definition) is 0. The van der Waals surface area contributed by atoms with Crippen LogP contribution in [0.4, 0.5) is 0 Å². The molecular weight excluding hydrogens is 380 g/mol. The standard InChI is InChI=1S/C29H40O2/c1-3-5-7-22-12-17-26(18-13-22)31-29(30)28-9-6-8-25-20-24(16-19-27(25)28)23-14-10-21(4-2)11-15-23/h3-4,12-13,17-18,21,23-25,27-28H,1-2,5-11,14-16,19-20H2. The molecule has 3 fully saturated rings. The zero-order valence-corrected chi connectivity index (χ0v) is 19.1. The molecule has 0 radical (unpaired) electrons. The summed E-state index contributed by atoms with van der Waals surface area (Å²) in [4.78, 5) is 13.1. The molecule has 0 aromatic heterocycles. The van der Waals surface area contributed by atoms with Gasteiger partial charge in [-0.15, -0.1) is 13.2 Å². The van der Waals surface area contributed by atoms with Gasteiger partial charge in [0.1, 0.15) is 5.75 Å². The van der Waals surface area contributed by atoms with Crippen LogP contribution in [0, 0.1) is 35.5 Å². The summed E-state index contributed by atoms with van der Waals surface area (Å²) in [7, 11) is 0. The van der Waals surface area contributed by atoms with Crippen LogP contribution in [0.1, 0.15) is 76.2 Å². The van der Waals surface area contributed by atoms with Crippen molar-refractivity contribution in [3.8, 4) is 5.75 Å². The lowest BCUT2D eigenvalue weighted by Gasteiger charge is -2.45. The van der Waals surface area contributed by atoms with Crippen molar-refractivity contribution in [3.63, 3.8) is 0 Å². The molecule has 1 aromatic carbocycles. The Bertz CT molecular complexity index is 741. The number of carbonyl (C=O) groups excluding carboxylic acids is 1. The van der Waals surface area contributed by atoms with E-state index in [0.717, 1.165) is 42.9 Å². The van der Waals surface area contributed by atoms with E-state index in [-0.39, 0.29) is 11.9 Å². The fourth-order valence-corrected chi connectivity index (χ4v) is 6.76. The molecule has 4 unspecified atom stereocenters. The minimum atomic E-state index is 0.0125. The first kappa shape index (κ1) is 22.4. The Balaban J connectivity index is 1.31. The Kier molecular flexibility index (Phi) is 7.69. The Morgan fingerprint density at radius 2 is 1.65 bits per heavy atom. The number of fused-ring (bicyclic) bond motifs is 1. The molecule has 0 amide bonds. The fraction of sp³-hybridized carbons (Fsp3) is 0.621. The summed E-state index contributed by atoms with van der Waals surface area (Å²) in [6.07, 6.45) is 18.9. The van der Waals surface area contributed by atoms with Crippen LogP contribution in [0.25, 0.3) is 0 Å². The van der Waals surface area contributed by atoms with Crippen molar-refractivity contribution in [2.45, 2.75) is 77.0 Å². The summed E-state index contributed by atoms with van der Waals surface area (Å²) in [5.41, 5.74) is 1.26. The molecule has 0 saturated heterocycles. The van der Waals surface area contributed by atoms with E-state index in [4.69, 9.17) is 4.74 Å². The molecule has 31 heavy (non-hydrogen) atoms. The fourth-order valence-electron chi connectivity index (χ4n) is 6.76. The maximum atomic E-state index is 13.1. The van der Waals surface area contributed by atoms with Crippen LogP contribution >= 0.6 is 0 Å². The van der Waals surface area contributed by atoms with Crippen molar-refractivity contribution in [3.05, 3.63) is 55.1 Å². The molecule has 2 nitrogen and oxygen atoms in total. The molecule has 1 aromatic rings. The minimum Gasteiger partial charge on any atom is -0.426 e. The van der Waals surface area contributed by atoms with Crippen LogP contribution in [0.15, 0.2) is 49.6 Å². The first-order valence-corrected chi connectivity index (χ1v) is 12.7. The smallest absolute Gasteiger partial charge is 0.314 e. The van der Waals surface area contributed by atoms with E-state index in [0.29, 0.717) is 11.7 Å². The number of esters is 1. The predicted octanol–water partition coefficient (Wildman–Crippen LogP) is 7.54. The SMILES string of the molecule is C=CCCc1ccc(OC(=O)C2CCCC3CC(C4CCC(C=C)CC4)CCC32)cc1. The third-order valence-electron chi connectivity index (χ3n) is 8.59. The van der Waals surface area contributed by atoms with Crippen LogP contribution in [-0.2, 0) is 11.2 Å². The zero-order valence-electron chi connectivity index (χ0n) is 19.1. The quantitative estimate of drug-likeness (QED) is 0.259. The second-order valence-electron chi connectivity index (χ2n) is 10.3. The molecule has 2 heteroatoms. The van der Waals surface area contributed by atoms with Gasteiger partial charge in [0.05, 0.1) is 5.92 Å². The Morgan fingerprint density at radius 3 is 2.35 bits per heavy atom. The summed E-state index contributed by atoms with van der Waals surface area (Å²) < 4.78 is 5.86. The maximum Gasteiger partial charge on any atom is 0.314 e. The van der Waals surface area contributed by atoms with Gasteiger partial charge in [-0.3, -0.25) is 4.79 Å². The van der Waals surface area contributed by atoms with Crippen molar-refractivity contribution in [2.24, 2.45) is 35.5 Å². The highest BCUT2D eigenvalue weighted by atomic mass is 16.5. The van der Waals surface area contributed by atoms with Crippen molar-refractivity contribution in [2.75, 3.05) is 0 Å². The van der Waals surface area contributed by atoms with E-state index in [1.54, 1.807) is 0 Å². The molecule has 0 aliphatic heterocycles. The Hall–Kier alpha value is -1.83. The van der Waals surface area contributed by atoms with Gasteiger partial charge in [0, 0.05) is 0 Å². The monoisotopic (exact) mass is 420 g/mol. The van der Waals surface area contributed by atoms with Crippen LogP contribution in [0.3, 0.4) is 0 Å². The summed E-state index contributed by atoms with van der Waals surface area (Å²) >= 11 is 0. The van der Waals surface area contributed by atoms with Gasteiger partial charge in [-0.05, 0) is 111 Å². The summed E-state index contributed by atoms with van der Waals surface area (Å²) in [5.74, 6) is 4.60. The molecule has 4 atom stereocenters. The van der Waals surface area contributed by atoms with Crippen molar-refractivity contribution >= 4 is 5.97 Å². The normalized spacial score (nSPS) is 33.2. The molecule has 3 saturated carbocycles. The van der Waals surface area contributed by atoms with Crippen LogP contribution in [-0.4, -0.2) is 5.97 Å². The van der Waals surface area contributed by atoms with Crippen LogP contribution in [0.2, 0.25) is 0 Å².